The highest BCUT2D eigenvalue weighted by Crippen LogP contribution is 2.21. The first-order valence-corrected chi connectivity index (χ1v) is 6.34. The highest BCUT2D eigenvalue weighted by Gasteiger charge is 2.29. The molecule has 1 aromatic carbocycles. The third-order valence-corrected chi connectivity index (χ3v) is 3.09. The summed E-state index contributed by atoms with van der Waals surface area (Å²) in [7, 11) is 0. The number of carbonyl (C=O) groups is 1. The maximum atomic E-state index is 12.2. The summed E-state index contributed by atoms with van der Waals surface area (Å²) in [6.45, 7) is 1.58. The van der Waals surface area contributed by atoms with E-state index in [1.165, 1.54) is 4.90 Å². The zero-order valence-electron chi connectivity index (χ0n) is 11.0. The van der Waals surface area contributed by atoms with Gasteiger partial charge in [-0.05, 0) is 19.1 Å². The van der Waals surface area contributed by atoms with Crippen LogP contribution in [0.1, 0.15) is 23.8 Å². The number of amides is 1. The number of para-hydroxylation sites is 1. The monoisotopic (exact) mass is 284 g/mol. The lowest BCUT2D eigenvalue weighted by atomic mass is 10.2. The average molecular weight is 284 g/mol. The number of rotatable bonds is 4. The summed E-state index contributed by atoms with van der Waals surface area (Å²) in [4.78, 5) is 16.3. The van der Waals surface area contributed by atoms with Gasteiger partial charge in [-0.25, -0.2) is 0 Å². The van der Waals surface area contributed by atoms with Crippen molar-refractivity contribution in [1.29, 1.82) is 0 Å². The summed E-state index contributed by atoms with van der Waals surface area (Å²) in [5.74, 6) is -0.409. The third-order valence-electron chi connectivity index (χ3n) is 3.09. The van der Waals surface area contributed by atoms with Crippen LogP contribution in [-0.2, 0) is 0 Å². The van der Waals surface area contributed by atoms with Crippen LogP contribution >= 0.6 is 0 Å². The zero-order valence-corrected chi connectivity index (χ0v) is 11.0. The standard InChI is InChI=1S/C14H15F3N2O/c1-2-19(8-7-14(15,16)17)13(20)12-9-10-5-3-4-6-11(10)18-12/h3-6,9,18H,2,7-8H2,1H3. The zero-order chi connectivity index (χ0) is 14.8. The van der Waals surface area contributed by atoms with Gasteiger partial charge in [-0.15, -0.1) is 0 Å². The number of fused-ring (bicyclic) bond motifs is 1. The van der Waals surface area contributed by atoms with Gasteiger partial charge in [0.1, 0.15) is 5.69 Å². The first-order chi connectivity index (χ1) is 9.40. The molecule has 0 unspecified atom stereocenters. The molecule has 0 saturated carbocycles. The fourth-order valence-corrected chi connectivity index (χ4v) is 2.02. The smallest absolute Gasteiger partial charge is 0.351 e. The number of nitrogens with zero attached hydrogens (tertiary/aromatic N) is 1. The summed E-state index contributed by atoms with van der Waals surface area (Å²) in [5.41, 5.74) is 1.11. The number of nitrogens with one attached hydrogen (secondary N) is 1. The van der Waals surface area contributed by atoms with E-state index in [1.54, 1.807) is 13.0 Å². The van der Waals surface area contributed by atoms with Crippen LogP contribution in [-0.4, -0.2) is 35.1 Å². The Morgan fingerprint density at radius 3 is 2.60 bits per heavy atom. The fraction of sp³-hybridized carbons (Fsp3) is 0.357. The molecule has 108 valence electrons. The number of benzene rings is 1. The molecule has 0 fully saturated rings. The second kappa shape index (κ2) is 5.56. The molecule has 1 heterocycles. The molecule has 0 aliphatic carbocycles. The summed E-state index contributed by atoms with van der Waals surface area (Å²) >= 11 is 0. The highest BCUT2D eigenvalue weighted by atomic mass is 19.4. The van der Waals surface area contributed by atoms with E-state index in [0.717, 1.165) is 10.9 Å². The third kappa shape index (κ3) is 3.31. The Morgan fingerprint density at radius 2 is 2.00 bits per heavy atom. The molecule has 2 aromatic rings. The van der Waals surface area contributed by atoms with Crippen molar-refractivity contribution in [1.82, 2.24) is 9.88 Å². The molecule has 0 saturated heterocycles. The van der Waals surface area contributed by atoms with Crippen molar-refractivity contribution in [2.75, 3.05) is 13.1 Å². The summed E-state index contributed by atoms with van der Waals surface area (Å²) < 4.78 is 36.7. The average Bonchev–Trinajstić information content (AvgIpc) is 2.81. The van der Waals surface area contributed by atoms with E-state index in [-0.39, 0.29) is 13.1 Å². The van der Waals surface area contributed by atoms with Gasteiger partial charge in [-0.3, -0.25) is 4.79 Å². The molecule has 0 atom stereocenters. The molecule has 0 radical (unpaired) electrons. The van der Waals surface area contributed by atoms with E-state index in [0.29, 0.717) is 5.69 Å². The Labute approximate surface area is 114 Å². The van der Waals surface area contributed by atoms with Crippen molar-refractivity contribution in [3.8, 4) is 0 Å². The Hall–Kier alpha value is -1.98. The topological polar surface area (TPSA) is 36.1 Å². The van der Waals surface area contributed by atoms with E-state index in [2.05, 4.69) is 4.98 Å². The fourth-order valence-electron chi connectivity index (χ4n) is 2.02. The normalized spacial score (nSPS) is 11.8. The van der Waals surface area contributed by atoms with Gasteiger partial charge in [0.25, 0.3) is 5.91 Å². The minimum absolute atomic E-state index is 0.240. The number of halogens is 3. The van der Waals surface area contributed by atoms with Crippen LogP contribution < -0.4 is 0 Å². The van der Waals surface area contributed by atoms with Gasteiger partial charge in [0.2, 0.25) is 0 Å². The van der Waals surface area contributed by atoms with E-state index in [1.807, 2.05) is 24.3 Å². The maximum absolute atomic E-state index is 12.2. The number of hydrogen-bond acceptors (Lipinski definition) is 1. The summed E-state index contributed by atoms with van der Waals surface area (Å²) in [6.07, 6.45) is -5.25. The SMILES string of the molecule is CCN(CCC(F)(F)F)C(=O)c1cc2ccccc2[nH]1. The molecule has 0 spiro atoms. The molecule has 1 aromatic heterocycles. The molecule has 2 rings (SSSR count). The molecule has 0 bridgehead atoms. The first kappa shape index (κ1) is 14.4. The Bertz CT molecular complexity index is 571. The predicted molar refractivity (Wildman–Crippen MR) is 70.5 cm³/mol. The number of aromatic amines is 1. The van der Waals surface area contributed by atoms with Gasteiger partial charge in [0.05, 0.1) is 6.42 Å². The van der Waals surface area contributed by atoms with E-state index < -0.39 is 18.5 Å². The highest BCUT2D eigenvalue weighted by molar-refractivity contribution is 5.98. The van der Waals surface area contributed by atoms with Gasteiger partial charge >= 0.3 is 6.18 Å². The van der Waals surface area contributed by atoms with Crippen LogP contribution in [0.3, 0.4) is 0 Å². The quantitative estimate of drug-likeness (QED) is 0.915. The van der Waals surface area contributed by atoms with Crippen LogP contribution in [0.2, 0.25) is 0 Å². The number of aromatic nitrogens is 1. The van der Waals surface area contributed by atoms with Gasteiger partial charge in [0.15, 0.2) is 0 Å². The lowest BCUT2D eigenvalue weighted by molar-refractivity contribution is -0.136. The van der Waals surface area contributed by atoms with Crippen LogP contribution in [0.15, 0.2) is 30.3 Å². The van der Waals surface area contributed by atoms with Gasteiger partial charge in [-0.2, -0.15) is 13.2 Å². The maximum Gasteiger partial charge on any atom is 0.390 e. The first-order valence-electron chi connectivity index (χ1n) is 6.34. The summed E-state index contributed by atoms with van der Waals surface area (Å²) in [6, 6.07) is 8.99. The molecule has 1 N–H and O–H groups in total. The summed E-state index contributed by atoms with van der Waals surface area (Å²) in [5, 5.41) is 0.864. The lowest BCUT2D eigenvalue weighted by Crippen LogP contribution is -2.34. The number of hydrogen-bond donors (Lipinski definition) is 1. The van der Waals surface area contributed by atoms with Crippen molar-refractivity contribution in [3.63, 3.8) is 0 Å². The van der Waals surface area contributed by atoms with E-state index in [9.17, 15) is 18.0 Å². The minimum atomic E-state index is -4.26. The molecular weight excluding hydrogens is 269 g/mol. The Morgan fingerprint density at radius 1 is 1.30 bits per heavy atom. The second-order valence-corrected chi connectivity index (χ2v) is 4.52. The van der Waals surface area contributed by atoms with Crippen LogP contribution in [0.25, 0.3) is 10.9 Å². The molecule has 0 aliphatic heterocycles. The molecule has 1 amide bonds. The lowest BCUT2D eigenvalue weighted by Gasteiger charge is -2.20. The van der Waals surface area contributed by atoms with Crippen LogP contribution in [0.4, 0.5) is 13.2 Å². The van der Waals surface area contributed by atoms with Crippen molar-refractivity contribution in [3.05, 3.63) is 36.0 Å². The van der Waals surface area contributed by atoms with Crippen molar-refractivity contribution in [2.24, 2.45) is 0 Å². The molecule has 6 heteroatoms. The molecule has 20 heavy (non-hydrogen) atoms. The Kier molecular flexibility index (Phi) is 4.01. The Balaban J connectivity index is 2.15. The van der Waals surface area contributed by atoms with Crippen LogP contribution in [0.5, 0.6) is 0 Å². The van der Waals surface area contributed by atoms with E-state index in [4.69, 9.17) is 0 Å². The van der Waals surface area contributed by atoms with Gasteiger partial charge in [-0.1, -0.05) is 18.2 Å². The van der Waals surface area contributed by atoms with Crippen molar-refractivity contribution in [2.45, 2.75) is 19.5 Å². The largest absolute Gasteiger partial charge is 0.390 e. The second-order valence-electron chi connectivity index (χ2n) is 4.52. The van der Waals surface area contributed by atoms with Gasteiger partial charge in [0, 0.05) is 24.0 Å². The molecular formula is C14H15F3N2O. The van der Waals surface area contributed by atoms with Gasteiger partial charge < -0.3 is 9.88 Å². The van der Waals surface area contributed by atoms with E-state index >= 15 is 0 Å². The molecule has 3 nitrogen and oxygen atoms in total. The predicted octanol–water partition coefficient (Wildman–Crippen LogP) is 3.58. The van der Waals surface area contributed by atoms with Crippen molar-refractivity contribution < 1.29 is 18.0 Å². The number of carbonyl (C=O) groups excluding carboxylic acids is 1. The number of H-pyrrole nitrogens is 1. The number of alkyl halides is 3. The minimum Gasteiger partial charge on any atom is -0.351 e. The molecule has 0 aliphatic rings. The van der Waals surface area contributed by atoms with Crippen LogP contribution in [0, 0.1) is 0 Å². The van der Waals surface area contributed by atoms with Crippen molar-refractivity contribution >= 4 is 16.8 Å².